The van der Waals surface area contributed by atoms with Gasteiger partial charge in [0, 0.05) is 21.8 Å². The maximum atomic E-state index is 6.03. The van der Waals surface area contributed by atoms with E-state index in [2.05, 4.69) is 5.32 Å². The first-order valence-corrected chi connectivity index (χ1v) is 7.69. The molecule has 2 unspecified atom stereocenters. The van der Waals surface area contributed by atoms with E-state index in [1.54, 1.807) is 6.07 Å². The van der Waals surface area contributed by atoms with E-state index in [9.17, 15) is 0 Å². The number of anilines is 1. The molecule has 3 heteroatoms. The van der Waals surface area contributed by atoms with Gasteiger partial charge in [0.2, 0.25) is 0 Å². The van der Waals surface area contributed by atoms with Crippen molar-refractivity contribution in [1.29, 1.82) is 0 Å². The molecule has 3 rings (SSSR count). The number of rotatable bonds is 3. The van der Waals surface area contributed by atoms with Crippen molar-refractivity contribution in [1.82, 2.24) is 0 Å². The van der Waals surface area contributed by atoms with Gasteiger partial charge in [-0.2, -0.15) is 0 Å². The van der Waals surface area contributed by atoms with Gasteiger partial charge < -0.3 is 5.32 Å². The van der Waals surface area contributed by atoms with Gasteiger partial charge in [-0.1, -0.05) is 36.0 Å². The first-order chi connectivity index (χ1) is 8.70. The van der Waals surface area contributed by atoms with Crippen LogP contribution in [0.2, 0.25) is 10.0 Å². The molecule has 0 amide bonds. The van der Waals surface area contributed by atoms with Crippen LogP contribution in [0.4, 0.5) is 5.69 Å². The summed E-state index contributed by atoms with van der Waals surface area (Å²) in [5.41, 5.74) is 1.06. The quantitative estimate of drug-likeness (QED) is 0.786. The smallest absolute Gasteiger partial charge is 0.0441 e. The zero-order valence-electron chi connectivity index (χ0n) is 10.5. The minimum Gasteiger partial charge on any atom is -0.382 e. The highest BCUT2D eigenvalue weighted by Crippen LogP contribution is 2.44. The van der Waals surface area contributed by atoms with Crippen molar-refractivity contribution in [2.45, 2.75) is 44.6 Å². The number of benzene rings is 1. The SMILES string of the molecule is Clc1cc(Cl)cc(NC2CCCC(C3CC3)C2)c1. The van der Waals surface area contributed by atoms with Gasteiger partial charge in [-0.25, -0.2) is 0 Å². The van der Waals surface area contributed by atoms with Crippen molar-refractivity contribution in [3.63, 3.8) is 0 Å². The minimum absolute atomic E-state index is 0.596. The van der Waals surface area contributed by atoms with Crippen LogP contribution in [0.25, 0.3) is 0 Å². The lowest BCUT2D eigenvalue weighted by Gasteiger charge is -2.30. The average molecular weight is 284 g/mol. The molecular weight excluding hydrogens is 265 g/mol. The molecule has 1 aromatic carbocycles. The lowest BCUT2D eigenvalue weighted by atomic mass is 9.82. The second-order valence-electron chi connectivity index (χ2n) is 5.76. The largest absolute Gasteiger partial charge is 0.382 e. The van der Waals surface area contributed by atoms with E-state index in [-0.39, 0.29) is 0 Å². The second-order valence-corrected chi connectivity index (χ2v) is 6.64. The van der Waals surface area contributed by atoms with Crippen LogP contribution in [0.5, 0.6) is 0 Å². The van der Waals surface area contributed by atoms with E-state index in [1.807, 2.05) is 12.1 Å². The number of hydrogen-bond acceptors (Lipinski definition) is 1. The molecule has 1 nitrogen and oxygen atoms in total. The van der Waals surface area contributed by atoms with E-state index in [0.717, 1.165) is 17.5 Å². The number of hydrogen-bond donors (Lipinski definition) is 1. The molecule has 0 aromatic heterocycles. The second kappa shape index (κ2) is 5.30. The van der Waals surface area contributed by atoms with Crippen LogP contribution >= 0.6 is 23.2 Å². The van der Waals surface area contributed by atoms with E-state index in [1.165, 1.54) is 38.5 Å². The standard InChI is InChI=1S/C15H19Cl2N/c16-12-7-13(17)9-15(8-12)18-14-3-1-2-11(6-14)10-4-5-10/h7-11,14,18H,1-6H2. The molecule has 2 atom stereocenters. The molecule has 0 radical (unpaired) electrons. The summed E-state index contributed by atoms with van der Waals surface area (Å²) in [4.78, 5) is 0. The molecule has 2 fully saturated rings. The zero-order chi connectivity index (χ0) is 12.5. The third-order valence-electron chi connectivity index (χ3n) is 4.24. The van der Waals surface area contributed by atoms with E-state index in [0.29, 0.717) is 16.1 Å². The Morgan fingerprint density at radius 2 is 1.61 bits per heavy atom. The first kappa shape index (κ1) is 12.6. The molecule has 2 aliphatic rings. The summed E-state index contributed by atoms with van der Waals surface area (Å²) in [7, 11) is 0. The van der Waals surface area contributed by atoms with Crippen molar-refractivity contribution >= 4 is 28.9 Å². The fourth-order valence-electron chi connectivity index (χ4n) is 3.23. The maximum absolute atomic E-state index is 6.03. The van der Waals surface area contributed by atoms with Crippen LogP contribution in [0.3, 0.4) is 0 Å². The summed E-state index contributed by atoms with van der Waals surface area (Å²) < 4.78 is 0. The fraction of sp³-hybridized carbons (Fsp3) is 0.600. The normalized spacial score (nSPS) is 28.1. The van der Waals surface area contributed by atoms with Crippen LogP contribution in [0.1, 0.15) is 38.5 Å². The highest BCUT2D eigenvalue weighted by atomic mass is 35.5. The Labute approximate surface area is 119 Å². The molecule has 0 spiro atoms. The summed E-state index contributed by atoms with van der Waals surface area (Å²) in [6.45, 7) is 0. The fourth-order valence-corrected chi connectivity index (χ4v) is 3.75. The third-order valence-corrected chi connectivity index (χ3v) is 4.67. The third kappa shape index (κ3) is 3.13. The molecule has 0 heterocycles. The summed E-state index contributed by atoms with van der Waals surface area (Å²) in [6, 6.07) is 6.31. The van der Waals surface area contributed by atoms with Crippen molar-refractivity contribution < 1.29 is 0 Å². The van der Waals surface area contributed by atoms with E-state index < -0.39 is 0 Å². The van der Waals surface area contributed by atoms with Crippen molar-refractivity contribution in [3.05, 3.63) is 28.2 Å². The molecule has 98 valence electrons. The molecule has 1 aromatic rings. The zero-order valence-corrected chi connectivity index (χ0v) is 12.0. The van der Waals surface area contributed by atoms with Crippen molar-refractivity contribution in [2.75, 3.05) is 5.32 Å². The van der Waals surface area contributed by atoms with Gasteiger partial charge >= 0.3 is 0 Å². The Kier molecular flexibility index (Phi) is 3.72. The first-order valence-electron chi connectivity index (χ1n) is 6.93. The van der Waals surface area contributed by atoms with Gasteiger partial charge in [0.15, 0.2) is 0 Å². The molecule has 2 saturated carbocycles. The molecule has 18 heavy (non-hydrogen) atoms. The Bertz CT molecular complexity index is 408. The van der Waals surface area contributed by atoms with Crippen LogP contribution in [0.15, 0.2) is 18.2 Å². The average Bonchev–Trinajstić information content (AvgIpc) is 3.11. The monoisotopic (exact) mass is 283 g/mol. The Morgan fingerprint density at radius 3 is 2.28 bits per heavy atom. The highest BCUT2D eigenvalue weighted by Gasteiger charge is 2.34. The van der Waals surface area contributed by atoms with Crippen LogP contribution in [0, 0.1) is 11.8 Å². The molecular formula is C15H19Cl2N. The Hall–Kier alpha value is -0.400. The number of nitrogens with one attached hydrogen (secondary N) is 1. The highest BCUT2D eigenvalue weighted by molar-refractivity contribution is 6.35. The summed E-state index contributed by atoms with van der Waals surface area (Å²) in [5, 5.41) is 5.02. The maximum Gasteiger partial charge on any atom is 0.0441 e. The summed E-state index contributed by atoms with van der Waals surface area (Å²) in [6.07, 6.45) is 8.29. The molecule has 2 aliphatic carbocycles. The Morgan fingerprint density at radius 1 is 0.889 bits per heavy atom. The summed E-state index contributed by atoms with van der Waals surface area (Å²) in [5.74, 6) is 1.98. The minimum atomic E-state index is 0.596. The Balaban J connectivity index is 1.64. The molecule has 1 N–H and O–H groups in total. The molecule has 0 bridgehead atoms. The lowest BCUT2D eigenvalue weighted by Crippen LogP contribution is -2.28. The van der Waals surface area contributed by atoms with Crippen molar-refractivity contribution in [3.8, 4) is 0 Å². The molecule has 0 aliphatic heterocycles. The van der Waals surface area contributed by atoms with Gasteiger partial charge in [0.05, 0.1) is 0 Å². The lowest BCUT2D eigenvalue weighted by molar-refractivity contribution is 0.303. The molecule has 0 saturated heterocycles. The summed E-state index contributed by atoms with van der Waals surface area (Å²) >= 11 is 12.1. The van der Waals surface area contributed by atoms with Gasteiger partial charge in [0.1, 0.15) is 0 Å². The van der Waals surface area contributed by atoms with Gasteiger partial charge in [-0.15, -0.1) is 0 Å². The van der Waals surface area contributed by atoms with Gasteiger partial charge in [0.25, 0.3) is 0 Å². The van der Waals surface area contributed by atoms with Gasteiger partial charge in [-0.3, -0.25) is 0 Å². The topological polar surface area (TPSA) is 12.0 Å². The van der Waals surface area contributed by atoms with Gasteiger partial charge in [-0.05, 0) is 55.7 Å². The van der Waals surface area contributed by atoms with Crippen LogP contribution < -0.4 is 5.32 Å². The number of halogens is 2. The van der Waals surface area contributed by atoms with E-state index in [4.69, 9.17) is 23.2 Å². The predicted molar refractivity (Wildman–Crippen MR) is 78.6 cm³/mol. The van der Waals surface area contributed by atoms with Crippen LogP contribution in [-0.2, 0) is 0 Å². The predicted octanol–water partition coefficient (Wildman–Crippen LogP) is 5.37. The van der Waals surface area contributed by atoms with Crippen molar-refractivity contribution in [2.24, 2.45) is 11.8 Å². The van der Waals surface area contributed by atoms with Crippen LogP contribution in [-0.4, -0.2) is 6.04 Å². The van der Waals surface area contributed by atoms with E-state index >= 15 is 0 Å².